The number of aliphatic carboxylic acids is 1. The molecule has 0 aliphatic carbocycles. The smallest absolute Gasteiger partial charge is 0.308 e. The maximum absolute atomic E-state index is 10.7. The summed E-state index contributed by atoms with van der Waals surface area (Å²) in [6, 6.07) is 5.79. The van der Waals surface area contributed by atoms with Gasteiger partial charge in [-0.25, -0.2) is 0 Å². The van der Waals surface area contributed by atoms with Crippen LogP contribution < -0.4 is 5.73 Å². The van der Waals surface area contributed by atoms with Gasteiger partial charge in [0, 0.05) is 18.7 Å². The first kappa shape index (κ1) is 12.1. The summed E-state index contributed by atoms with van der Waals surface area (Å²) in [5, 5.41) is 19.2. The summed E-state index contributed by atoms with van der Waals surface area (Å²) >= 11 is 0. The summed E-state index contributed by atoms with van der Waals surface area (Å²) in [4.78, 5) is 20.6. The summed E-state index contributed by atoms with van der Waals surface area (Å²) < 4.78 is 0. The summed E-state index contributed by atoms with van der Waals surface area (Å²) in [5.74, 6) is -1.61. The summed E-state index contributed by atoms with van der Waals surface area (Å²) in [7, 11) is 0. The zero-order valence-corrected chi connectivity index (χ0v) is 8.50. The zero-order chi connectivity index (χ0) is 12.1. The average molecular weight is 224 g/mol. The number of hydrogen-bond donors (Lipinski definition) is 2. The van der Waals surface area contributed by atoms with Crippen LogP contribution in [0, 0.1) is 16.0 Å². The van der Waals surface area contributed by atoms with Gasteiger partial charge in [-0.3, -0.25) is 14.9 Å². The lowest BCUT2D eigenvalue weighted by Crippen LogP contribution is -2.25. The van der Waals surface area contributed by atoms with Crippen molar-refractivity contribution < 1.29 is 14.8 Å². The molecule has 1 atom stereocenters. The normalized spacial score (nSPS) is 12.1. The molecule has 0 amide bonds. The van der Waals surface area contributed by atoms with Gasteiger partial charge in [-0.15, -0.1) is 0 Å². The van der Waals surface area contributed by atoms with Crippen LogP contribution in [0.5, 0.6) is 0 Å². The van der Waals surface area contributed by atoms with Crippen LogP contribution in [-0.2, 0) is 11.2 Å². The van der Waals surface area contributed by atoms with Crippen LogP contribution in [0.25, 0.3) is 0 Å². The predicted molar refractivity (Wildman–Crippen MR) is 57.0 cm³/mol. The van der Waals surface area contributed by atoms with Gasteiger partial charge in [-0.05, 0) is 12.0 Å². The van der Waals surface area contributed by atoms with Crippen LogP contribution in [0.15, 0.2) is 24.3 Å². The second kappa shape index (κ2) is 5.22. The van der Waals surface area contributed by atoms with Crippen molar-refractivity contribution >= 4 is 11.7 Å². The quantitative estimate of drug-likeness (QED) is 0.568. The van der Waals surface area contributed by atoms with Crippen molar-refractivity contribution in [2.75, 3.05) is 6.54 Å². The summed E-state index contributed by atoms with van der Waals surface area (Å²) in [5.41, 5.74) is 6.03. The second-order valence-corrected chi connectivity index (χ2v) is 3.40. The van der Waals surface area contributed by atoms with E-state index in [9.17, 15) is 14.9 Å². The minimum atomic E-state index is -0.958. The van der Waals surface area contributed by atoms with Gasteiger partial charge in [0.25, 0.3) is 5.69 Å². The molecule has 0 aliphatic heterocycles. The van der Waals surface area contributed by atoms with Gasteiger partial charge >= 0.3 is 5.97 Å². The van der Waals surface area contributed by atoms with Crippen LogP contribution >= 0.6 is 0 Å². The van der Waals surface area contributed by atoms with Crippen molar-refractivity contribution in [2.45, 2.75) is 6.42 Å². The van der Waals surface area contributed by atoms with Crippen LogP contribution in [0.3, 0.4) is 0 Å². The highest BCUT2D eigenvalue weighted by Crippen LogP contribution is 2.14. The van der Waals surface area contributed by atoms with E-state index < -0.39 is 16.8 Å². The molecular formula is C10H12N2O4. The molecule has 1 aromatic rings. The molecule has 0 aliphatic rings. The highest BCUT2D eigenvalue weighted by Gasteiger charge is 2.16. The average Bonchev–Trinajstić information content (AvgIpc) is 2.26. The first-order valence-electron chi connectivity index (χ1n) is 4.70. The number of carboxylic acid groups (broad SMARTS) is 1. The van der Waals surface area contributed by atoms with Gasteiger partial charge in [0.15, 0.2) is 0 Å². The third-order valence-electron chi connectivity index (χ3n) is 2.26. The molecule has 0 saturated heterocycles. The van der Waals surface area contributed by atoms with Crippen LogP contribution in [0.1, 0.15) is 5.56 Å². The highest BCUT2D eigenvalue weighted by atomic mass is 16.6. The van der Waals surface area contributed by atoms with E-state index in [-0.39, 0.29) is 18.7 Å². The van der Waals surface area contributed by atoms with E-state index in [0.29, 0.717) is 0 Å². The van der Waals surface area contributed by atoms with Gasteiger partial charge in [-0.2, -0.15) is 0 Å². The lowest BCUT2D eigenvalue weighted by molar-refractivity contribution is -0.384. The third-order valence-corrected chi connectivity index (χ3v) is 2.26. The van der Waals surface area contributed by atoms with Gasteiger partial charge < -0.3 is 10.8 Å². The molecule has 6 nitrogen and oxygen atoms in total. The lowest BCUT2D eigenvalue weighted by Gasteiger charge is -2.08. The number of nitro benzene ring substituents is 1. The first-order valence-corrected chi connectivity index (χ1v) is 4.70. The van der Waals surface area contributed by atoms with Crippen molar-refractivity contribution in [2.24, 2.45) is 11.7 Å². The monoisotopic (exact) mass is 224 g/mol. The molecule has 86 valence electrons. The number of carbonyl (C=O) groups is 1. The first-order chi connectivity index (χ1) is 7.54. The number of carboxylic acids is 1. The molecule has 16 heavy (non-hydrogen) atoms. The molecule has 1 unspecified atom stereocenters. The minimum absolute atomic E-state index is 0.0108. The fraction of sp³-hybridized carbons (Fsp3) is 0.300. The Labute approximate surface area is 91.8 Å². The number of benzene rings is 1. The number of nitrogens with zero attached hydrogens (tertiary/aromatic N) is 1. The molecule has 0 spiro atoms. The number of hydrogen-bond acceptors (Lipinski definition) is 4. The Kier molecular flexibility index (Phi) is 3.96. The Hall–Kier alpha value is -1.95. The van der Waals surface area contributed by atoms with E-state index in [4.69, 9.17) is 10.8 Å². The molecule has 6 heteroatoms. The van der Waals surface area contributed by atoms with Crippen molar-refractivity contribution in [3.05, 3.63) is 39.9 Å². The standard InChI is InChI=1S/C10H12N2O4/c11-6-8(10(13)14)5-7-1-3-9(4-2-7)12(15)16/h1-4,8H,5-6,11H2,(H,13,14). The molecular weight excluding hydrogens is 212 g/mol. The minimum Gasteiger partial charge on any atom is -0.481 e. The number of non-ortho nitro benzene ring substituents is 1. The summed E-state index contributed by atoms with van der Waals surface area (Å²) in [6.07, 6.45) is 0.282. The Bertz CT molecular complexity index is 388. The van der Waals surface area contributed by atoms with Gasteiger partial charge in [0.05, 0.1) is 10.8 Å². The van der Waals surface area contributed by atoms with Crippen molar-refractivity contribution in [3.63, 3.8) is 0 Å². The fourth-order valence-corrected chi connectivity index (χ4v) is 1.31. The van der Waals surface area contributed by atoms with Gasteiger partial charge in [-0.1, -0.05) is 12.1 Å². The lowest BCUT2D eigenvalue weighted by atomic mass is 9.99. The molecule has 0 bridgehead atoms. The molecule has 0 radical (unpaired) electrons. The van der Waals surface area contributed by atoms with Crippen molar-refractivity contribution in [3.8, 4) is 0 Å². The Morgan fingerprint density at radius 1 is 1.44 bits per heavy atom. The highest BCUT2D eigenvalue weighted by molar-refractivity contribution is 5.70. The van der Waals surface area contributed by atoms with Gasteiger partial charge in [0.1, 0.15) is 0 Å². The van der Waals surface area contributed by atoms with Crippen LogP contribution in [0.2, 0.25) is 0 Å². The van der Waals surface area contributed by atoms with E-state index in [0.717, 1.165) is 5.56 Å². The SMILES string of the molecule is NCC(Cc1ccc([N+](=O)[O-])cc1)C(=O)O. The molecule has 0 saturated carbocycles. The van der Waals surface area contributed by atoms with E-state index >= 15 is 0 Å². The molecule has 0 aromatic heterocycles. The topological polar surface area (TPSA) is 106 Å². The zero-order valence-electron chi connectivity index (χ0n) is 8.50. The largest absolute Gasteiger partial charge is 0.481 e. The Morgan fingerprint density at radius 3 is 2.38 bits per heavy atom. The Morgan fingerprint density at radius 2 is 2.00 bits per heavy atom. The second-order valence-electron chi connectivity index (χ2n) is 3.40. The number of nitrogens with two attached hydrogens (primary N) is 1. The molecule has 0 fully saturated rings. The van der Waals surface area contributed by atoms with Gasteiger partial charge in [0.2, 0.25) is 0 Å². The van der Waals surface area contributed by atoms with Crippen molar-refractivity contribution in [1.29, 1.82) is 0 Å². The maximum Gasteiger partial charge on any atom is 0.308 e. The number of rotatable bonds is 5. The molecule has 3 N–H and O–H groups in total. The van der Waals surface area contributed by atoms with E-state index in [2.05, 4.69) is 0 Å². The summed E-state index contributed by atoms with van der Waals surface area (Å²) in [6.45, 7) is 0.0479. The number of nitro groups is 1. The van der Waals surface area contributed by atoms with E-state index in [1.165, 1.54) is 12.1 Å². The van der Waals surface area contributed by atoms with Crippen molar-refractivity contribution in [1.82, 2.24) is 0 Å². The fourth-order valence-electron chi connectivity index (χ4n) is 1.31. The molecule has 1 aromatic carbocycles. The molecule has 1 rings (SSSR count). The van der Waals surface area contributed by atoms with E-state index in [1.807, 2.05) is 0 Å². The maximum atomic E-state index is 10.7. The third kappa shape index (κ3) is 3.03. The Balaban J connectivity index is 2.75. The van der Waals surface area contributed by atoms with Crippen LogP contribution in [0.4, 0.5) is 5.69 Å². The van der Waals surface area contributed by atoms with E-state index in [1.54, 1.807) is 12.1 Å². The van der Waals surface area contributed by atoms with Crippen LogP contribution in [-0.4, -0.2) is 22.5 Å². The predicted octanol–water partition coefficient (Wildman–Crippen LogP) is 0.797. The molecule has 0 heterocycles.